The molecule has 1 saturated heterocycles. The van der Waals surface area contributed by atoms with Gasteiger partial charge < -0.3 is 4.90 Å². The van der Waals surface area contributed by atoms with Crippen molar-refractivity contribution in [3.8, 4) is 0 Å². The topological polar surface area (TPSA) is 72.5 Å². The van der Waals surface area contributed by atoms with Crippen molar-refractivity contribution < 1.29 is 4.79 Å². The average molecular weight is 468 g/mol. The van der Waals surface area contributed by atoms with Gasteiger partial charge in [0.25, 0.3) is 5.56 Å². The molecule has 3 heterocycles. The number of aryl methyl sites for hydroxylation is 1. The van der Waals surface area contributed by atoms with E-state index in [9.17, 15) is 9.59 Å². The number of likely N-dealkylation sites (tertiary alicyclic amines) is 1. The van der Waals surface area contributed by atoms with Crippen LogP contribution in [0.4, 0.5) is 0 Å². The van der Waals surface area contributed by atoms with Gasteiger partial charge in [0.05, 0.1) is 16.7 Å². The first-order valence-electron chi connectivity index (χ1n) is 12.3. The molecule has 2 aromatic heterocycles. The van der Waals surface area contributed by atoms with E-state index in [0.717, 1.165) is 31.3 Å². The maximum Gasteiger partial charge on any atom is 0.262 e. The Morgan fingerprint density at radius 1 is 1.12 bits per heavy atom. The van der Waals surface area contributed by atoms with Gasteiger partial charge in [-0.15, -0.1) is 10.2 Å². The Kier molecular flexibility index (Phi) is 6.45. The number of carbonyl (C=O) groups is 1. The summed E-state index contributed by atoms with van der Waals surface area (Å²) in [6.45, 7) is 5.77. The highest BCUT2D eigenvalue weighted by atomic mass is 32.2. The molecule has 1 aliphatic heterocycles. The third-order valence-corrected chi connectivity index (χ3v) is 8.21. The zero-order valence-electron chi connectivity index (χ0n) is 19.6. The lowest BCUT2D eigenvalue weighted by Crippen LogP contribution is -2.50. The lowest BCUT2D eigenvalue weighted by atomic mass is 9.78. The number of hydrogen-bond donors (Lipinski definition) is 0. The molecule has 0 bridgehead atoms. The lowest BCUT2D eigenvalue weighted by molar-refractivity contribution is -0.134. The van der Waals surface area contributed by atoms with Crippen LogP contribution in [0.2, 0.25) is 0 Å². The number of thioether (sulfide) groups is 1. The minimum absolute atomic E-state index is 0.0320. The number of hydrogen-bond acceptors (Lipinski definition) is 5. The van der Waals surface area contributed by atoms with Crippen molar-refractivity contribution in [1.29, 1.82) is 0 Å². The van der Waals surface area contributed by atoms with Gasteiger partial charge >= 0.3 is 0 Å². The van der Waals surface area contributed by atoms with Crippen molar-refractivity contribution in [3.05, 3.63) is 34.6 Å². The summed E-state index contributed by atoms with van der Waals surface area (Å²) in [6.07, 6.45) is 8.19. The average Bonchev–Trinajstić information content (AvgIpc) is 3.26. The van der Waals surface area contributed by atoms with E-state index in [0.29, 0.717) is 46.5 Å². The highest BCUT2D eigenvalue weighted by Gasteiger charge is 2.35. The fraction of sp³-hybridized carbons (Fsp3) is 0.600. The molecule has 1 amide bonds. The predicted octanol–water partition coefficient (Wildman–Crippen LogP) is 4.36. The Labute approximate surface area is 198 Å². The Morgan fingerprint density at radius 2 is 1.91 bits per heavy atom. The van der Waals surface area contributed by atoms with Crippen LogP contribution < -0.4 is 5.56 Å². The van der Waals surface area contributed by atoms with Gasteiger partial charge in [-0.25, -0.2) is 0 Å². The summed E-state index contributed by atoms with van der Waals surface area (Å²) in [6, 6.07) is 8.02. The molecule has 1 aliphatic carbocycles. The summed E-state index contributed by atoms with van der Waals surface area (Å²) in [5, 5.41) is 10.1. The number of aromatic nitrogens is 4. The van der Waals surface area contributed by atoms with E-state index in [-0.39, 0.29) is 11.5 Å². The highest BCUT2D eigenvalue weighted by molar-refractivity contribution is 7.99. The fourth-order valence-corrected chi connectivity index (χ4v) is 6.39. The third kappa shape index (κ3) is 4.29. The molecule has 1 saturated carbocycles. The number of benzene rings is 1. The zero-order chi connectivity index (χ0) is 22.9. The van der Waals surface area contributed by atoms with E-state index < -0.39 is 0 Å². The number of carbonyl (C=O) groups excluding carboxylic acids is 1. The number of rotatable bonds is 6. The van der Waals surface area contributed by atoms with E-state index >= 15 is 0 Å². The zero-order valence-corrected chi connectivity index (χ0v) is 20.4. The maximum absolute atomic E-state index is 13.2. The van der Waals surface area contributed by atoms with Crippen molar-refractivity contribution >= 4 is 34.3 Å². The standard InChI is InChI=1S/C25H33N5O2S/c1-17(2)13-15-29-23(32)19-10-4-6-12-21(19)30-24(29)26-27-25(30)33-16-22(31)28-14-7-9-18-8-3-5-11-20(18)28/h4,6,10,12,17-18,20H,3,5,7-9,11,13-16H2,1-2H3. The summed E-state index contributed by atoms with van der Waals surface area (Å²) in [7, 11) is 0. The Morgan fingerprint density at radius 3 is 2.76 bits per heavy atom. The van der Waals surface area contributed by atoms with Gasteiger partial charge in [-0.2, -0.15) is 0 Å². The largest absolute Gasteiger partial charge is 0.339 e. The van der Waals surface area contributed by atoms with Crippen LogP contribution in [0.1, 0.15) is 58.8 Å². The van der Waals surface area contributed by atoms with Gasteiger partial charge in [0.2, 0.25) is 11.7 Å². The molecule has 2 unspecified atom stereocenters. The van der Waals surface area contributed by atoms with Crippen molar-refractivity contribution in [2.24, 2.45) is 11.8 Å². The molecule has 0 spiro atoms. The van der Waals surface area contributed by atoms with Gasteiger partial charge in [-0.1, -0.05) is 50.6 Å². The number of piperidine rings is 1. The number of nitrogens with zero attached hydrogens (tertiary/aromatic N) is 5. The summed E-state index contributed by atoms with van der Waals surface area (Å²) < 4.78 is 3.69. The van der Waals surface area contributed by atoms with Gasteiger partial charge in [-0.05, 0) is 56.1 Å². The van der Waals surface area contributed by atoms with Gasteiger partial charge in [-0.3, -0.25) is 18.6 Å². The molecule has 8 heteroatoms. The lowest BCUT2D eigenvalue weighted by Gasteiger charge is -2.44. The minimum atomic E-state index is -0.0320. The Hall–Kier alpha value is -2.35. The van der Waals surface area contributed by atoms with Crippen LogP contribution in [-0.4, -0.2) is 48.3 Å². The quantitative estimate of drug-likeness (QED) is 0.504. The van der Waals surface area contributed by atoms with Crippen LogP contribution in [0, 0.1) is 11.8 Å². The van der Waals surface area contributed by atoms with Crippen LogP contribution in [0.5, 0.6) is 0 Å². The summed E-state index contributed by atoms with van der Waals surface area (Å²) in [5.41, 5.74) is 0.763. The summed E-state index contributed by atoms with van der Waals surface area (Å²) in [4.78, 5) is 28.6. The molecule has 2 atom stereocenters. The molecular weight excluding hydrogens is 434 g/mol. The van der Waals surface area contributed by atoms with Crippen molar-refractivity contribution in [1.82, 2.24) is 24.1 Å². The van der Waals surface area contributed by atoms with Crippen molar-refractivity contribution in [2.45, 2.75) is 76.5 Å². The van der Waals surface area contributed by atoms with Crippen LogP contribution in [0.25, 0.3) is 16.7 Å². The molecule has 5 rings (SSSR count). The van der Waals surface area contributed by atoms with Crippen molar-refractivity contribution in [3.63, 3.8) is 0 Å². The second-order valence-corrected chi connectivity index (χ2v) is 10.8. The van der Waals surface area contributed by atoms with E-state index in [1.54, 1.807) is 4.57 Å². The first kappa shape index (κ1) is 22.4. The van der Waals surface area contributed by atoms with E-state index in [1.165, 1.54) is 37.4 Å². The second-order valence-electron chi connectivity index (χ2n) is 9.90. The highest BCUT2D eigenvalue weighted by Crippen LogP contribution is 2.35. The minimum Gasteiger partial charge on any atom is -0.339 e. The molecule has 2 aliphatic rings. The summed E-state index contributed by atoms with van der Waals surface area (Å²) >= 11 is 1.43. The number of fused-ring (bicyclic) bond motifs is 4. The number of amides is 1. The predicted molar refractivity (Wildman–Crippen MR) is 132 cm³/mol. The molecule has 7 nitrogen and oxygen atoms in total. The normalized spacial score (nSPS) is 21.1. The molecule has 3 aromatic rings. The first-order valence-corrected chi connectivity index (χ1v) is 13.3. The SMILES string of the molecule is CC(C)CCn1c(=O)c2ccccc2n2c(SCC(=O)N3CCCC4CCCCC43)nnc12. The van der Waals surface area contributed by atoms with Crippen molar-refractivity contribution in [2.75, 3.05) is 12.3 Å². The molecule has 0 N–H and O–H groups in total. The van der Waals surface area contributed by atoms with Gasteiger partial charge in [0, 0.05) is 19.1 Å². The summed E-state index contributed by atoms with van der Waals surface area (Å²) in [5.74, 6) is 2.26. The van der Waals surface area contributed by atoms with Crippen LogP contribution >= 0.6 is 11.8 Å². The van der Waals surface area contributed by atoms with E-state index in [1.807, 2.05) is 28.7 Å². The van der Waals surface area contributed by atoms with Gasteiger partial charge in [0.1, 0.15) is 0 Å². The molecule has 33 heavy (non-hydrogen) atoms. The molecular formula is C25H33N5O2S. The number of para-hydroxylation sites is 1. The molecule has 176 valence electrons. The van der Waals surface area contributed by atoms with E-state index in [4.69, 9.17) is 0 Å². The Balaban J connectivity index is 1.44. The first-order chi connectivity index (χ1) is 16.0. The van der Waals surface area contributed by atoms with Gasteiger partial charge in [0.15, 0.2) is 5.16 Å². The fourth-order valence-electron chi connectivity index (χ4n) is 5.56. The smallest absolute Gasteiger partial charge is 0.262 e. The Bertz CT molecular complexity index is 1210. The maximum atomic E-state index is 13.2. The van der Waals surface area contributed by atoms with E-state index in [2.05, 4.69) is 28.9 Å². The second kappa shape index (κ2) is 9.49. The van der Waals surface area contributed by atoms with Crippen LogP contribution in [0.3, 0.4) is 0 Å². The molecule has 1 aromatic carbocycles. The van der Waals surface area contributed by atoms with Crippen LogP contribution in [0.15, 0.2) is 34.2 Å². The third-order valence-electron chi connectivity index (χ3n) is 7.30. The van der Waals surface area contributed by atoms with Crippen LogP contribution in [-0.2, 0) is 11.3 Å². The molecule has 0 radical (unpaired) electrons. The molecule has 2 fully saturated rings. The monoisotopic (exact) mass is 467 g/mol.